The standard InChI is InChI=1S/C18H15FN2O3/c1-11-5-6-14-15(9-11)18(24)21(17(14)23)8-7-16(22)20-13-4-2-3-12(19)10-13/h2-6,9-10H,7-8H2,1H3,(H,20,22). The number of imide groups is 1. The normalized spacial score (nSPS) is 13.2. The van der Waals surface area contributed by atoms with Gasteiger partial charge in [0.15, 0.2) is 0 Å². The van der Waals surface area contributed by atoms with Crippen molar-refractivity contribution < 1.29 is 18.8 Å². The summed E-state index contributed by atoms with van der Waals surface area (Å²) in [6.45, 7) is 1.82. The Bertz CT molecular complexity index is 848. The molecule has 1 heterocycles. The van der Waals surface area contributed by atoms with Gasteiger partial charge in [0.05, 0.1) is 11.1 Å². The van der Waals surface area contributed by atoms with Gasteiger partial charge in [-0.1, -0.05) is 17.7 Å². The minimum absolute atomic E-state index is 0.0213. The average Bonchev–Trinajstić information content (AvgIpc) is 2.76. The number of halogens is 1. The molecule has 1 aliphatic rings. The zero-order valence-electron chi connectivity index (χ0n) is 13.0. The van der Waals surface area contributed by atoms with E-state index >= 15 is 0 Å². The molecule has 0 saturated heterocycles. The van der Waals surface area contributed by atoms with Gasteiger partial charge in [0.2, 0.25) is 5.91 Å². The van der Waals surface area contributed by atoms with Crippen LogP contribution in [0.25, 0.3) is 0 Å². The topological polar surface area (TPSA) is 66.5 Å². The lowest BCUT2D eigenvalue weighted by atomic mass is 10.1. The van der Waals surface area contributed by atoms with Crippen LogP contribution in [0.3, 0.4) is 0 Å². The van der Waals surface area contributed by atoms with Crippen LogP contribution in [0, 0.1) is 12.7 Å². The Hall–Kier alpha value is -3.02. The molecule has 0 fully saturated rings. The van der Waals surface area contributed by atoms with Crippen molar-refractivity contribution in [1.29, 1.82) is 0 Å². The summed E-state index contributed by atoms with van der Waals surface area (Å²) in [6.07, 6.45) is -0.0546. The van der Waals surface area contributed by atoms with Gasteiger partial charge in [-0.25, -0.2) is 4.39 Å². The molecule has 0 saturated carbocycles. The predicted octanol–water partition coefficient (Wildman–Crippen LogP) is 2.76. The minimum atomic E-state index is -0.455. The highest BCUT2D eigenvalue weighted by atomic mass is 19.1. The van der Waals surface area contributed by atoms with Crippen molar-refractivity contribution >= 4 is 23.4 Å². The van der Waals surface area contributed by atoms with Gasteiger partial charge in [-0.2, -0.15) is 0 Å². The van der Waals surface area contributed by atoms with Crippen LogP contribution in [0.1, 0.15) is 32.7 Å². The van der Waals surface area contributed by atoms with E-state index in [1.807, 2.05) is 6.92 Å². The fourth-order valence-electron chi connectivity index (χ4n) is 2.61. The first-order valence-corrected chi connectivity index (χ1v) is 7.48. The largest absolute Gasteiger partial charge is 0.326 e. The summed E-state index contributed by atoms with van der Waals surface area (Å²) >= 11 is 0. The lowest BCUT2D eigenvalue weighted by Gasteiger charge is -2.13. The Morgan fingerprint density at radius 2 is 1.83 bits per heavy atom. The molecule has 3 rings (SSSR count). The number of carbonyl (C=O) groups is 3. The number of nitrogens with one attached hydrogen (secondary N) is 1. The Morgan fingerprint density at radius 1 is 1.08 bits per heavy atom. The highest BCUT2D eigenvalue weighted by molar-refractivity contribution is 6.21. The lowest BCUT2D eigenvalue weighted by molar-refractivity contribution is -0.116. The maximum atomic E-state index is 13.1. The van der Waals surface area contributed by atoms with Gasteiger partial charge in [-0.15, -0.1) is 0 Å². The molecule has 0 radical (unpaired) electrons. The van der Waals surface area contributed by atoms with Crippen molar-refractivity contribution in [3.8, 4) is 0 Å². The predicted molar refractivity (Wildman–Crippen MR) is 86.2 cm³/mol. The van der Waals surface area contributed by atoms with E-state index in [9.17, 15) is 18.8 Å². The third-order valence-electron chi connectivity index (χ3n) is 3.80. The van der Waals surface area contributed by atoms with Crippen LogP contribution in [0.15, 0.2) is 42.5 Å². The molecule has 2 aromatic rings. The Morgan fingerprint density at radius 3 is 2.58 bits per heavy atom. The summed E-state index contributed by atoms with van der Waals surface area (Å²) in [5.41, 5.74) is 1.94. The number of amides is 3. The molecule has 0 aliphatic carbocycles. The monoisotopic (exact) mass is 326 g/mol. The van der Waals surface area contributed by atoms with Crippen molar-refractivity contribution in [1.82, 2.24) is 4.90 Å². The molecule has 6 heteroatoms. The molecule has 0 atom stereocenters. The fourth-order valence-corrected chi connectivity index (χ4v) is 2.61. The smallest absolute Gasteiger partial charge is 0.261 e. The second kappa shape index (κ2) is 6.23. The maximum Gasteiger partial charge on any atom is 0.261 e. The Labute approximate surface area is 138 Å². The van der Waals surface area contributed by atoms with Crippen molar-refractivity contribution in [2.24, 2.45) is 0 Å². The molecule has 0 spiro atoms. The van der Waals surface area contributed by atoms with Crippen molar-refractivity contribution in [2.45, 2.75) is 13.3 Å². The number of anilines is 1. The van der Waals surface area contributed by atoms with Gasteiger partial charge in [0, 0.05) is 18.7 Å². The van der Waals surface area contributed by atoms with Crippen LogP contribution in [-0.2, 0) is 4.79 Å². The number of hydrogen-bond acceptors (Lipinski definition) is 3. The molecule has 1 aliphatic heterocycles. The van der Waals surface area contributed by atoms with Gasteiger partial charge < -0.3 is 5.32 Å². The second-order valence-electron chi connectivity index (χ2n) is 5.62. The fraction of sp³-hybridized carbons (Fsp3) is 0.167. The van der Waals surface area contributed by atoms with Gasteiger partial charge in [-0.3, -0.25) is 19.3 Å². The summed E-state index contributed by atoms with van der Waals surface area (Å²) in [4.78, 5) is 37.6. The number of benzene rings is 2. The van der Waals surface area contributed by atoms with Crippen LogP contribution in [0.2, 0.25) is 0 Å². The first-order chi connectivity index (χ1) is 11.5. The number of aryl methyl sites for hydroxylation is 1. The number of nitrogens with zero attached hydrogens (tertiary/aromatic N) is 1. The maximum absolute atomic E-state index is 13.1. The summed E-state index contributed by atoms with van der Waals surface area (Å²) in [5, 5.41) is 2.54. The van der Waals surface area contributed by atoms with E-state index in [1.54, 1.807) is 24.3 Å². The van der Waals surface area contributed by atoms with Crippen LogP contribution in [-0.4, -0.2) is 29.2 Å². The summed E-state index contributed by atoms with van der Waals surface area (Å²) in [6, 6.07) is 10.6. The summed E-state index contributed by atoms with van der Waals surface area (Å²) < 4.78 is 13.1. The number of carbonyl (C=O) groups excluding carboxylic acids is 3. The molecule has 2 aromatic carbocycles. The molecule has 3 amide bonds. The lowest BCUT2D eigenvalue weighted by Crippen LogP contribution is -2.32. The zero-order valence-corrected chi connectivity index (χ0v) is 13.0. The van der Waals surface area contributed by atoms with Gasteiger partial charge in [-0.05, 0) is 37.3 Å². The van der Waals surface area contributed by atoms with E-state index < -0.39 is 23.5 Å². The summed E-state index contributed by atoms with van der Waals surface area (Å²) in [7, 11) is 0. The van der Waals surface area contributed by atoms with Crippen LogP contribution >= 0.6 is 0 Å². The molecule has 0 unspecified atom stereocenters. The molecule has 0 bridgehead atoms. The first-order valence-electron chi connectivity index (χ1n) is 7.48. The van der Waals surface area contributed by atoms with E-state index in [1.165, 1.54) is 18.2 Å². The van der Waals surface area contributed by atoms with Gasteiger partial charge in [0.25, 0.3) is 11.8 Å². The van der Waals surface area contributed by atoms with E-state index in [4.69, 9.17) is 0 Å². The second-order valence-corrected chi connectivity index (χ2v) is 5.62. The minimum Gasteiger partial charge on any atom is -0.326 e. The molecule has 122 valence electrons. The average molecular weight is 326 g/mol. The molecule has 24 heavy (non-hydrogen) atoms. The number of fused-ring (bicyclic) bond motifs is 1. The van der Waals surface area contributed by atoms with E-state index in [2.05, 4.69) is 5.32 Å². The number of hydrogen-bond donors (Lipinski definition) is 1. The van der Waals surface area contributed by atoms with Crippen LogP contribution < -0.4 is 5.32 Å². The Balaban J connectivity index is 1.64. The Kier molecular flexibility index (Phi) is 4.12. The van der Waals surface area contributed by atoms with E-state index in [0.29, 0.717) is 16.8 Å². The first kappa shape index (κ1) is 15.9. The SMILES string of the molecule is Cc1ccc2c(c1)C(=O)N(CCC(=O)Nc1cccc(F)c1)C2=O. The third-order valence-corrected chi connectivity index (χ3v) is 3.80. The van der Waals surface area contributed by atoms with Crippen LogP contribution in [0.4, 0.5) is 10.1 Å². The van der Waals surface area contributed by atoms with Crippen molar-refractivity contribution in [3.63, 3.8) is 0 Å². The molecular weight excluding hydrogens is 311 g/mol. The highest BCUT2D eigenvalue weighted by Crippen LogP contribution is 2.24. The van der Waals surface area contributed by atoms with E-state index in [0.717, 1.165) is 10.5 Å². The van der Waals surface area contributed by atoms with Gasteiger partial charge >= 0.3 is 0 Å². The molecule has 1 N–H and O–H groups in total. The van der Waals surface area contributed by atoms with Crippen molar-refractivity contribution in [2.75, 3.05) is 11.9 Å². The van der Waals surface area contributed by atoms with Gasteiger partial charge in [0.1, 0.15) is 5.82 Å². The van der Waals surface area contributed by atoms with E-state index in [-0.39, 0.29) is 13.0 Å². The quantitative estimate of drug-likeness (QED) is 0.879. The highest BCUT2D eigenvalue weighted by Gasteiger charge is 2.35. The molecule has 0 aromatic heterocycles. The number of rotatable bonds is 4. The summed E-state index contributed by atoms with van der Waals surface area (Å²) in [5.74, 6) is -1.64. The zero-order chi connectivity index (χ0) is 17.3. The van der Waals surface area contributed by atoms with Crippen molar-refractivity contribution in [3.05, 3.63) is 65.0 Å². The molecular formula is C18H15FN2O3. The third kappa shape index (κ3) is 3.03. The van der Waals surface area contributed by atoms with Crippen LogP contribution in [0.5, 0.6) is 0 Å². The molecule has 5 nitrogen and oxygen atoms in total.